The Hall–Kier alpha value is -1.40. The highest BCUT2D eigenvalue weighted by atomic mass is 32.2. The van der Waals surface area contributed by atoms with Gasteiger partial charge in [0.1, 0.15) is 0 Å². The number of aliphatic carboxylic acids is 1. The molecule has 1 aromatic heterocycles. The molecule has 0 saturated heterocycles. The molecule has 0 aliphatic heterocycles. The number of thioether (sulfide) groups is 2. The fourth-order valence-electron chi connectivity index (χ4n) is 1.87. The molecule has 0 atom stereocenters. The third-order valence-corrected chi connectivity index (χ3v) is 4.46. The van der Waals surface area contributed by atoms with Gasteiger partial charge in [-0.15, -0.1) is 11.8 Å². The zero-order valence-corrected chi connectivity index (χ0v) is 13.0. The Labute approximate surface area is 126 Å². The summed E-state index contributed by atoms with van der Waals surface area (Å²) in [6.45, 7) is 2.07. The highest BCUT2D eigenvalue weighted by Gasteiger charge is 2.13. The maximum Gasteiger partial charge on any atom is 0.313 e. The Morgan fingerprint density at radius 3 is 2.90 bits per heavy atom. The van der Waals surface area contributed by atoms with Gasteiger partial charge in [-0.1, -0.05) is 24.8 Å². The number of aryl methyl sites for hydroxylation is 1. The van der Waals surface area contributed by atoms with Gasteiger partial charge < -0.3 is 5.11 Å². The molecule has 1 N–H and O–H groups in total. The number of aromatic nitrogens is 2. The van der Waals surface area contributed by atoms with E-state index < -0.39 is 5.97 Å². The Morgan fingerprint density at radius 2 is 2.25 bits per heavy atom. The summed E-state index contributed by atoms with van der Waals surface area (Å²) in [7, 11) is 0. The van der Waals surface area contributed by atoms with Crippen LogP contribution in [0, 0.1) is 0 Å². The SMILES string of the molecule is CCc1cnc(SCC(=O)O)n1-c1cccc(SC)c1. The Bertz CT molecular complexity index is 611. The average molecular weight is 308 g/mol. The summed E-state index contributed by atoms with van der Waals surface area (Å²) in [5.74, 6) is -0.817. The summed E-state index contributed by atoms with van der Waals surface area (Å²) in [6, 6.07) is 8.18. The van der Waals surface area contributed by atoms with Crippen molar-refractivity contribution in [3.05, 3.63) is 36.2 Å². The first-order valence-corrected chi connectivity index (χ1v) is 8.42. The quantitative estimate of drug-likeness (QED) is 0.830. The number of benzene rings is 1. The second kappa shape index (κ2) is 6.85. The molecule has 0 aliphatic rings. The minimum Gasteiger partial charge on any atom is -0.481 e. The van der Waals surface area contributed by atoms with E-state index in [-0.39, 0.29) is 5.75 Å². The molecule has 0 spiro atoms. The Balaban J connectivity index is 2.41. The van der Waals surface area contributed by atoms with E-state index in [0.29, 0.717) is 0 Å². The van der Waals surface area contributed by atoms with E-state index in [9.17, 15) is 4.79 Å². The fourth-order valence-corrected chi connectivity index (χ4v) is 3.06. The van der Waals surface area contributed by atoms with Crippen LogP contribution >= 0.6 is 23.5 Å². The molecule has 0 saturated carbocycles. The standard InChI is InChI=1S/C14H16N2O2S2/c1-3-10-8-15-14(20-9-13(17)18)16(10)11-5-4-6-12(7-11)19-2/h4-8H,3,9H2,1-2H3,(H,17,18). The van der Waals surface area contributed by atoms with E-state index in [4.69, 9.17) is 5.11 Å². The van der Waals surface area contributed by atoms with E-state index in [1.807, 2.05) is 29.2 Å². The molecular formula is C14H16N2O2S2. The van der Waals surface area contributed by atoms with Crippen LogP contribution in [0.25, 0.3) is 5.69 Å². The fraction of sp³-hybridized carbons (Fsp3) is 0.286. The largest absolute Gasteiger partial charge is 0.481 e. The van der Waals surface area contributed by atoms with Crippen LogP contribution in [0.2, 0.25) is 0 Å². The number of nitrogens with zero attached hydrogens (tertiary/aromatic N) is 2. The van der Waals surface area contributed by atoms with Gasteiger partial charge in [0.05, 0.1) is 5.75 Å². The lowest BCUT2D eigenvalue weighted by atomic mass is 10.3. The predicted molar refractivity (Wildman–Crippen MR) is 83.1 cm³/mol. The molecule has 6 heteroatoms. The first kappa shape index (κ1) is 15.0. The lowest BCUT2D eigenvalue weighted by Gasteiger charge is -2.11. The number of carboxylic acid groups (broad SMARTS) is 1. The summed E-state index contributed by atoms with van der Waals surface area (Å²) in [5, 5.41) is 9.55. The third-order valence-electron chi connectivity index (χ3n) is 2.80. The van der Waals surface area contributed by atoms with Crippen LogP contribution in [0.15, 0.2) is 40.5 Å². The van der Waals surface area contributed by atoms with Crippen molar-refractivity contribution in [3.8, 4) is 5.69 Å². The number of rotatable bonds is 6. The molecule has 2 rings (SSSR count). The van der Waals surface area contributed by atoms with Gasteiger partial charge in [-0.2, -0.15) is 0 Å². The summed E-state index contributed by atoms with van der Waals surface area (Å²) in [6.07, 6.45) is 4.70. The van der Waals surface area contributed by atoms with Crippen molar-refractivity contribution in [2.75, 3.05) is 12.0 Å². The third kappa shape index (κ3) is 3.37. The lowest BCUT2D eigenvalue weighted by molar-refractivity contribution is -0.133. The molecule has 0 fully saturated rings. The molecule has 0 radical (unpaired) electrons. The molecular weight excluding hydrogens is 292 g/mol. The number of carbonyl (C=O) groups is 1. The van der Waals surface area contributed by atoms with Crippen LogP contribution in [0.1, 0.15) is 12.6 Å². The minimum atomic E-state index is -0.833. The van der Waals surface area contributed by atoms with E-state index in [0.717, 1.165) is 23.0 Å². The van der Waals surface area contributed by atoms with Crippen LogP contribution < -0.4 is 0 Å². The van der Waals surface area contributed by atoms with Gasteiger partial charge in [-0.05, 0) is 30.9 Å². The second-order valence-electron chi connectivity index (χ2n) is 4.10. The van der Waals surface area contributed by atoms with Crippen molar-refractivity contribution in [2.24, 2.45) is 0 Å². The van der Waals surface area contributed by atoms with Gasteiger partial charge >= 0.3 is 5.97 Å². The smallest absolute Gasteiger partial charge is 0.313 e. The molecule has 0 unspecified atom stereocenters. The normalized spacial score (nSPS) is 10.7. The lowest BCUT2D eigenvalue weighted by Crippen LogP contribution is -2.04. The van der Waals surface area contributed by atoms with E-state index in [2.05, 4.69) is 24.0 Å². The molecule has 0 bridgehead atoms. The second-order valence-corrected chi connectivity index (χ2v) is 5.93. The van der Waals surface area contributed by atoms with Gasteiger partial charge in [0.25, 0.3) is 0 Å². The Morgan fingerprint density at radius 1 is 1.45 bits per heavy atom. The maximum atomic E-state index is 10.7. The molecule has 20 heavy (non-hydrogen) atoms. The molecule has 1 aromatic carbocycles. The van der Waals surface area contributed by atoms with Crippen LogP contribution in [0.5, 0.6) is 0 Å². The summed E-state index contributed by atoms with van der Waals surface area (Å²) >= 11 is 2.93. The van der Waals surface area contributed by atoms with Crippen molar-refractivity contribution in [2.45, 2.75) is 23.4 Å². The maximum absolute atomic E-state index is 10.7. The molecule has 2 aromatic rings. The van der Waals surface area contributed by atoms with Crippen molar-refractivity contribution in [1.82, 2.24) is 9.55 Å². The summed E-state index contributed by atoms with van der Waals surface area (Å²) in [4.78, 5) is 16.3. The molecule has 0 amide bonds. The number of hydrogen-bond donors (Lipinski definition) is 1. The topological polar surface area (TPSA) is 55.1 Å². The summed E-state index contributed by atoms with van der Waals surface area (Å²) in [5.41, 5.74) is 2.11. The molecule has 4 nitrogen and oxygen atoms in total. The molecule has 0 aliphatic carbocycles. The molecule has 1 heterocycles. The first-order valence-electron chi connectivity index (χ1n) is 6.21. The van der Waals surface area contributed by atoms with Gasteiger partial charge in [0.2, 0.25) is 0 Å². The van der Waals surface area contributed by atoms with Gasteiger partial charge in [-0.3, -0.25) is 9.36 Å². The van der Waals surface area contributed by atoms with Crippen molar-refractivity contribution < 1.29 is 9.90 Å². The number of imidazole rings is 1. The van der Waals surface area contributed by atoms with Crippen LogP contribution in [-0.2, 0) is 11.2 Å². The average Bonchev–Trinajstić information content (AvgIpc) is 2.88. The zero-order valence-electron chi connectivity index (χ0n) is 11.4. The summed E-state index contributed by atoms with van der Waals surface area (Å²) < 4.78 is 2.04. The van der Waals surface area contributed by atoms with Crippen molar-refractivity contribution in [3.63, 3.8) is 0 Å². The Kier molecular flexibility index (Phi) is 5.14. The van der Waals surface area contributed by atoms with Crippen LogP contribution in [-0.4, -0.2) is 32.6 Å². The van der Waals surface area contributed by atoms with Crippen molar-refractivity contribution in [1.29, 1.82) is 0 Å². The van der Waals surface area contributed by atoms with Crippen LogP contribution in [0.3, 0.4) is 0 Å². The van der Waals surface area contributed by atoms with Crippen molar-refractivity contribution >= 4 is 29.5 Å². The van der Waals surface area contributed by atoms with E-state index >= 15 is 0 Å². The highest BCUT2D eigenvalue weighted by Crippen LogP contribution is 2.26. The predicted octanol–water partition coefficient (Wildman–Crippen LogP) is 3.33. The molecule has 106 valence electrons. The van der Waals surface area contributed by atoms with Gasteiger partial charge in [0, 0.05) is 22.5 Å². The van der Waals surface area contributed by atoms with Crippen LogP contribution in [0.4, 0.5) is 0 Å². The number of carboxylic acids is 1. The monoisotopic (exact) mass is 308 g/mol. The zero-order chi connectivity index (χ0) is 14.5. The number of hydrogen-bond acceptors (Lipinski definition) is 4. The first-order chi connectivity index (χ1) is 9.65. The minimum absolute atomic E-state index is 0.0163. The highest BCUT2D eigenvalue weighted by molar-refractivity contribution is 7.99. The van der Waals surface area contributed by atoms with E-state index in [1.54, 1.807) is 11.8 Å². The van der Waals surface area contributed by atoms with Gasteiger partial charge in [-0.25, -0.2) is 4.98 Å². The van der Waals surface area contributed by atoms with Gasteiger partial charge in [0.15, 0.2) is 5.16 Å². The van der Waals surface area contributed by atoms with E-state index in [1.165, 1.54) is 16.7 Å².